The van der Waals surface area contributed by atoms with Gasteiger partial charge in [0, 0.05) is 0 Å². The fourth-order valence-electron chi connectivity index (χ4n) is 1.70. The van der Waals surface area contributed by atoms with Crippen LogP contribution in [0.1, 0.15) is 37.8 Å². The highest BCUT2D eigenvalue weighted by atomic mass is 16.5. The highest BCUT2D eigenvalue weighted by Crippen LogP contribution is 2.09. The SMILES string of the molecule is CCCC(C)OCc1ccc(CCN)cc1. The van der Waals surface area contributed by atoms with Crippen molar-refractivity contribution in [3.05, 3.63) is 35.4 Å². The quantitative estimate of drug-likeness (QED) is 0.768. The minimum absolute atomic E-state index is 0.355. The van der Waals surface area contributed by atoms with Crippen molar-refractivity contribution >= 4 is 0 Å². The molecule has 1 unspecified atom stereocenters. The number of nitrogens with two attached hydrogens (primary N) is 1. The molecule has 2 heteroatoms. The van der Waals surface area contributed by atoms with Gasteiger partial charge in [0.1, 0.15) is 0 Å². The standard InChI is InChI=1S/C14H23NO/c1-3-4-12(2)16-11-14-7-5-13(6-8-14)9-10-15/h5-8,12H,3-4,9-11,15H2,1-2H3. The second-order valence-corrected chi connectivity index (χ2v) is 4.27. The van der Waals surface area contributed by atoms with Crippen LogP contribution in [0.3, 0.4) is 0 Å². The summed E-state index contributed by atoms with van der Waals surface area (Å²) in [4.78, 5) is 0. The van der Waals surface area contributed by atoms with Crippen molar-refractivity contribution in [2.45, 2.75) is 45.8 Å². The van der Waals surface area contributed by atoms with Gasteiger partial charge in [-0.2, -0.15) is 0 Å². The molecule has 1 aromatic rings. The Morgan fingerprint density at radius 1 is 1.19 bits per heavy atom. The van der Waals surface area contributed by atoms with Gasteiger partial charge in [0.15, 0.2) is 0 Å². The van der Waals surface area contributed by atoms with E-state index in [1.165, 1.54) is 17.5 Å². The van der Waals surface area contributed by atoms with E-state index in [0.29, 0.717) is 19.3 Å². The topological polar surface area (TPSA) is 35.2 Å². The van der Waals surface area contributed by atoms with Crippen LogP contribution in [0, 0.1) is 0 Å². The van der Waals surface area contributed by atoms with E-state index >= 15 is 0 Å². The molecule has 0 aliphatic rings. The van der Waals surface area contributed by atoms with Crippen LogP contribution in [0.25, 0.3) is 0 Å². The number of ether oxygens (including phenoxy) is 1. The predicted octanol–water partition coefficient (Wildman–Crippen LogP) is 2.89. The average molecular weight is 221 g/mol. The fraction of sp³-hybridized carbons (Fsp3) is 0.571. The Hall–Kier alpha value is -0.860. The summed E-state index contributed by atoms with van der Waals surface area (Å²) in [7, 11) is 0. The molecule has 1 aromatic carbocycles. The van der Waals surface area contributed by atoms with Crippen molar-refractivity contribution in [2.75, 3.05) is 6.54 Å². The van der Waals surface area contributed by atoms with Crippen molar-refractivity contribution in [3.8, 4) is 0 Å². The van der Waals surface area contributed by atoms with Gasteiger partial charge in [0.2, 0.25) is 0 Å². The van der Waals surface area contributed by atoms with E-state index in [1.54, 1.807) is 0 Å². The van der Waals surface area contributed by atoms with Gasteiger partial charge in [-0.05, 0) is 37.4 Å². The summed E-state index contributed by atoms with van der Waals surface area (Å²) < 4.78 is 5.74. The van der Waals surface area contributed by atoms with Gasteiger partial charge < -0.3 is 10.5 Å². The van der Waals surface area contributed by atoms with Gasteiger partial charge in [-0.1, -0.05) is 37.6 Å². The molecule has 0 heterocycles. The van der Waals surface area contributed by atoms with E-state index in [9.17, 15) is 0 Å². The normalized spacial score (nSPS) is 12.7. The molecule has 0 radical (unpaired) electrons. The maximum atomic E-state index is 5.74. The third kappa shape index (κ3) is 4.77. The third-order valence-electron chi connectivity index (χ3n) is 2.69. The van der Waals surface area contributed by atoms with Crippen LogP contribution in [-0.2, 0) is 17.8 Å². The largest absolute Gasteiger partial charge is 0.374 e. The summed E-state index contributed by atoms with van der Waals surface area (Å²) in [6.45, 7) is 5.74. The first kappa shape index (κ1) is 13.2. The molecule has 0 aliphatic heterocycles. The first-order valence-corrected chi connectivity index (χ1v) is 6.15. The van der Waals surface area contributed by atoms with E-state index in [-0.39, 0.29) is 0 Å². The zero-order chi connectivity index (χ0) is 11.8. The monoisotopic (exact) mass is 221 g/mol. The van der Waals surface area contributed by atoms with Gasteiger partial charge in [-0.25, -0.2) is 0 Å². The molecule has 2 nitrogen and oxygen atoms in total. The average Bonchev–Trinajstić information content (AvgIpc) is 2.29. The number of hydrogen-bond donors (Lipinski definition) is 1. The Morgan fingerprint density at radius 2 is 1.81 bits per heavy atom. The molecule has 0 aromatic heterocycles. The Morgan fingerprint density at radius 3 is 2.38 bits per heavy atom. The molecule has 0 fully saturated rings. The minimum Gasteiger partial charge on any atom is -0.374 e. The molecule has 90 valence electrons. The predicted molar refractivity (Wildman–Crippen MR) is 68.4 cm³/mol. The van der Waals surface area contributed by atoms with Crippen molar-refractivity contribution < 1.29 is 4.74 Å². The lowest BCUT2D eigenvalue weighted by Crippen LogP contribution is -2.07. The maximum Gasteiger partial charge on any atom is 0.0720 e. The van der Waals surface area contributed by atoms with Gasteiger partial charge >= 0.3 is 0 Å². The maximum absolute atomic E-state index is 5.74. The van der Waals surface area contributed by atoms with Crippen molar-refractivity contribution in [3.63, 3.8) is 0 Å². The summed E-state index contributed by atoms with van der Waals surface area (Å²) in [5.74, 6) is 0. The lowest BCUT2D eigenvalue weighted by molar-refractivity contribution is 0.0472. The van der Waals surface area contributed by atoms with Gasteiger partial charge in [-0.3, -0.25) is 0 Å². The van der Waals surface area contributed by atoms with Crippen LogP contribution < -0.4 is 5.73 Å². The van der Waals surface area contributed by atoms with Crippen molar-refractivity contribution in [1.82, 2.24) is 0 Å². The Balaban J connectivity index is 2.37. The number of benzene rings is 1. The van der Waals surface area contributed by atoms with Crippen LogP contribution >= 0.6 is 0 Å². The third-order valence-corrected chi connectivity index (χ3v) is 2.69. The molecule has 0 saturated carbocycles. The first-order chi connectivity index (χ1) is 7.76. The van der Waals surface area contributed by atoms with E-state index < -0.39 is 0 Å². The molecular formula is C14H23NO. The lowest BCUT2D eigenvalue weighted by atomic mass is 10.1. The second-order valence-electron chi connectivity index (χ2n) is 4.27. The van der Waals surface area contributed by atoms with Crippen LogP contribution in [0.2, 0.25) is 0 Å². The zero-order valence-corrected chi connectivity index (χ0v) is 10.4. The fourth-order valence-corrected chi connectivity index (χ4v) is 1.70. The molecule has 0 saturated heterocycles. The summed E-state index contributed by atoms with van der Waals surface area (Å²) >= 11 is 0. The molecule has 0 spiro atoms. The molecule has 0 aliphatic carbocycles. The van der Waals surface area contributed by atoms with Crippen molar-refractivity contribution in [1.29, 1.82) is 0 Å². The summed E-state index contributed by atoms with van der Waals surface area (Å²) in [6, 6.07) is 8.53. The van der Waals surface area contributed by atoms with Crippen LogP contribution in [0.15, 0.2) is 24.3 Å². The van der Waals surface area contributed by atoms with E-state index in [2.05, 4.69) is 38.1 Å². The molecule has 0 bridgehead atoms. The van der Waals surface area contributed by atoms with Crippen LogP contribution in [0.4, 0.5) is 0 Å². The lowest BCUT2D eigenvalue weighted by Gasteiger charge is -2.12. The van der Waals surface area contributed by atoms with Gasteiger partial charge in [-0.15, -0.1) is 0 Å². The number of rotatable bonds is 7. The van der Waals surface area contributed by atoms with Gasteiger partial charge in [0.25, 0.3) is 0 Å². The van der Waals surface area contributed by atoms with Gasteiger partial charge in [0.05, 0.1) is 12.7 Å². The highest BCUT2D eigenvalue weighted by molar-refractivity contribution is 5.22. The molecule has 0 amide bonds. The molecular weight excluding hydrogens is 198 g/mol. The minimum atomic E-state index is 0.355. The Labute approximate surface area is 98.8 Å². The summed E-state index contributed by atoms with van der Waals surface area (Å²) in [6.07, 6.45) is 3.61. The highest BCUT2D eigenvalue weighted by Gasteiger charge is 2.01. The summed E-state index contributed by atoms with van der Waals surface area (Å²) in [5, 5.41) is 0. The second kappa shape index (κ2) is 7.42. The molecule has 16 heavy (non-hydrogen) atoms. The van der Waals surface area contributed by atoms with Crippen LogP contribution in [0.5, 0.6) is 0 Å². The molecule has 1 atom stereocenters. The molecule has 2 N–H and O–H groups in total. The number of hydrogen-bond acceptors (Lipinski definition) is 2. The Kier molecular flexibility index (Phi) is 6.12. The van der Waals surface area contributed by atoms with Crippen molar-refractivity contribution in [2.24, 2.45) is 5.73 Å². The van der Waals surface area contributed by atoms with E-state index in [1.807, 2.05) is 0 Å². The summed E-state index contributed by atoms with van der Waals surface area (Å²) in [5.41, 5.74) is 8.04. The Bertz CT molecular complexity index is 281. The van der Waals surface area contributed by atoms with E-state index in [4.69, 9.17) is 10.5 Å². The smallest absolute Gasteiger partial charge is 0.0720 e. The zero-order valence-electron chi connectivity index (χ0n) is 10.4. The first-order valence-electron chi connectivity index (χ1n) is 6.15. The van der Waals surface area contributed by atoms with Crippen LogP contribution in [-0.4, -0.2) is 12.6 Å². The molecule has 1 rings (SSSR count). The van der Waals surface area contributed by atoms with E-state index in [0.717, 1.165) is 12.8 Å².